The Balaban J connectivity index is 2.19. The zero-order valence-corrected chi connectivity index (χ0v) is 10.7. The summed E-state index contributed by atoms with van der Waals surface area (Å²) in [5, 5.41) is 3.35. The van der Waals surface area contributed by atoms with Gasteiger partial charge in [-0.25, -0.2) is 0 Å². The van der Waals surface area contributed by atoms with E-state index in [1.807, 2.05) is 12.1 Å². The summed E-state index contributed by atoms with van der Waals surface area (Å²) < 4.78 is 5.51. The molecular weight excluding hydrogens is 228 g/mol. The van der Waals surface area contributed by atoms with E-state index in [2.05, 4.69) is 18.3 Å². The van der Waals surface area contributed by atoms with Gasteiger partial charge in [0.25, 0.3) is 5.91 Å². The van der Waals surface area contributed by atoms with Gasteiger partial charge in [-0.15, -0.1) is 0 Å². The quantitative estimate of drug-likeness (QED) is 0.844. The number of rotatable bonds is 4. The average Bonchev–Trinajstić information content (AvgIpc) is 2.38. The summed E-state index contributed by atoms with van der Waals surface area (Å²) in [5.74, 6) is 0.868. The summed E-state index contributed by atoms with van der Waals surface area (Å²) in [6.45, 7) is 4.09. The fraction of sp³-hybridized carbons (Fsp3) is 0.500. The molecule has 0 radical (unpaired) electrons. The lowest BCUT2D eigenvalue weighted by atomic mass is 9.89. The van der Waals surface area contributed by atoms with Crippen LogP contribution in [0.4, 0.5) is 0 Å². The molecule has 0 aliphatic carbocycles. The Morgan fingerprint density at radius 2 is 2.17 bits per heavy atom. The highest BCUT2D eigenvalue weighted by atomic mass is 16.5. The average molecular weight is 248 g/mol. The molecule has 1 aromatic carbocycles. The second-order valence-corrected chi connectivity index (χ2v) is 4.82. The molecule has 1 aliphatic rings. The number of nitrogens with two attached hydrogens (primary N) is 1. The van der Waals surface area contributed by atoms with Gasteiger partial charge in [0.2, 0.25) is 0 Å². The normalized spacial score (nSPS) is 16.5. The Morgan fingerprint density at radius 1 is 1.44 bits per heavy atom. The van der Waals surface area contributed by atoms with Crippen LogP contribution in [0.1, 0.15) is 29.9 Å². The number of nitrogens with one attached hydrogen (secondary N) is 1. The van der Waals surface area contributed by atoms with E-state index in [9.17, 15) is 4.79 Å². The standard InChI is InChI=1S/C14H20N2O2/c1-10-2-3-13(18-9-14(15)17)12(8-10)11-4-6-16-7-5-11/h2-3,8,11,16H,4-7,9H2,1H3,(H2,15,17). The van der Waals surface area contributed by atoms with E-state index in [0.717, 1.165) is 31.7 Å². The molecule has 1 aliphatic heterocycles. The van der Waals surface area contributed by atoms with Gasteiger partial charge in [-0.1, -0.05) is 17.7 Å². The van der Waals surface area contributed by atoms with Gasteiger partial charge < -0.3 is 15.8 Å². The third kappa shape index (κ3) is 3.23. The molecule has 0 aromatic heterocycles. The summed E-state index contributed by atoms with van der Waals surface area (Å²) in [6.07, 6.45) is 2.22. The smallest absolute Gasteiger partial charge is 0.255 e. The van der Waals surface area contributed by atoms with Gasteiger partial charge in [-0.05, 0) is 50.4 Å². The zero-order chi connectivity index (χ0) is 13.0. The summed E-state index contributed by atoms with van der Waals surface area (Å²) in [6, 6.07) is 6.10. The molecule has 0 atom stereocenters. The van der Waals surface area contributed by atoms with Crippen molar-refractivity contribution >= 4 is 5.91 Å². The lowest BCUT2D eigenvalue weighted by Gasteiger charge is -2.25. The fourth-order valence-electron chi connectivity index (χ4n) is 2.40. The third-order valence-electron chi connectivity index (χ3n) is 3.31. The Kier molecular flexibility index (Phi) is 4.20. The van der Waals surface area contributed by atoms with Crippen molar-refractivity contribution in [1.29, 1.82) is 0 Å². The second-order valence-electron chi connectivity index (χ2n) is 4.82. The van der Waals surface area contributed by atoms with Crippen molar-refractivity contribution in [2.24, 2.45) is 5.73 Å². The van der Waals surface area contributed by atoms with Crippen LogP contribution in [0.3, 0.4) is 0 Å². The number of hydrogen-bond donors (Lipinski definition) is 2. The number of carbonyl (C=O) groups is 1. The Morgan fingerprint density at radius 3 is 2.83 bits per heavy atom. The van der Waals surface area contributed by atoms with Crippen molar-refractivity contribution in [1.82, 2.24) is 5.32 Å². The van der Waals surface area contributed by atoms with Gasteiger partial charge in [0.1, 0.15) is 5.75 Å². The van der Waals surface area contributed by atoms with Crippen molar-refractivity contribution in [2.75, 3.05) is 19.7 Å². The highest BCUT2D eigenvalue weighted by molar-refractivity contribution is 5.75. The van der Waals surface area contributed by atoms with Crippen LogP contribution in [0.15, 0.2) is 18.2 Å². The first-order chi connectivity index (χ1) is 8.66. The van der Waals surface area contributed by atoms with Crippen molar-refractivity contribution < 1.29 is 9.53 Å². The lowest BCUT2D eigenvalue weighted by molar-refractivity contribution is -0.119. The molecule has 0 unspecified atom stereocenters. The van der Waals surface area contributed by atoms with Gasteiger partial charge >= 0.3 is 0 Å². The predicted molar refractivity (Wildman–Crippen MR) is 70.7 cm³/mol. The minimum atomic E-state index is -0.438. The van der Waals surface area contributed by atoms with Gasteiger partial charge in [0.05, 0.1) is 0 Å². The molecular formula is C14H20N2O2. The van der Waals surface area contributed by atoms with Crippen LogP contribution < -0.4 is 15.8 Å². The minimum absolute atomic E-state index is 0.0545. The Bertz CT molecular complexity index is 426. The van der Waals surface area contributed by atoms with Crippen LogP contribution in [-0.2, 0) is 4.79 Å². The number of primary amides is 1. The monoisotopic (exact) mass is 248 g/mol. The maximum atomic E-state index is 10.8. The molecule has 0 bridgehead atoms. The first-order valence-corrected chi connectivity index (χ1v) is 6.39. The second kappa shape index (κ2) is 5.87. The highest BCUT2D eigenvalue weighted by Crippen LogP contribution is 2.33. The number of ether oxygens (including phenoxy) is 1. The van der Waals surface area contributed by atoms with Crippen LogP contribution in [0, 0.1) is 6.92 Å². The molecule has 0 saturated carbocycles. The maximum Gasteiger partial charge on any atom is 0.255 e. The summed E-state index contributed by atoms with van der Waals surface area (Å²) in [7, 11) is 0. The molecule has 1 heterocycles. The van der Waals surface area contributed by atoms with Crippen LogP contribution in [-0.4, -0.2) is 25.6 Å². The summed E-state index contributed by atoms with van der Waals surface area (Å²) >= 11 is 0. The topological polar surface area (TPSA) is 64.3 Å². The molecule has 4 nitrogen and oxygen atoms in total. The van der Waals surface area contributed by atoms with Crippen LogP contribution in [0.5, 0.6) is 5.75 Å². The maximum absolute atomic E-state index is 10.8. The number of amides is 1. The number of aryl methyl sites for hydroxylation is 1. The number of piperidine rings is 1. The van der Waals surface area contributed by atoms with Crippen molar-refractivity contribution in [3.63, 3.8) is 0 Å². The first-order valence-electron chi connectivity index (χ1n) is 6.39. The SMILES string of the molecule is Cc1ccc(OCC(N)=O)c(C2CCNCC2)c1. The molecule has 1 saturated heterocycles. The highest BCUT2D eigenvalue weighted by Gasteiger charge is 2.19. The molecule has 4 heteroatoms. The molecule has 18 heavy (non-hydrogen) atoms. The van der Waals surface area contributed by atoms with E-state index < -0.39 is 5.91 Å². The van der Waals surface area contributed by atoms with Crippen LogP contribution in [0.25, 0.3) is 0 Å². The van der Waals surface area contributed by atoms with E-state index in [4.69, 9.17) is 10.5 Å². The zero-order valence-electron chi connectivity index (χ0n) is 10.7. The molecule has 1 aromatic rings. The molecule has 0 spiro atoms. The molecule has 1 fully saturated rings. The van der Waals surface area contributed by atoms with E-state index in [-0.39, 0.29) is 6.61 Å². The molecule has 3 N–H and O–H groups in total. The number of carbonyl (C=O) groups excluding carboxylic acids is 1. The summed E-state index contributed by atoms with van der Waals surface area (Å²) in [5.41, 5.74) is 7.55. The van der Waals surface area contributed by atoms with E-state index in [1.54, 1.807) is 0 Å². The number of benzene rings is 1. The van der Waals surface area contributed by atoms with Gasteiger partial charge in [0.15, 0.2) is 6.61 Å². The van der Waals surface area contributed by atoms with Crippen molar-refractivity contribution in [2.45, 2.75) is 25.7 Å². The minimum Gasteiger partial charge on any atom is -0.483 e. The fourth-order valence-corrected chi connectivity index (χ4v) is 2.40. The lowest BCUT2D eigenvalue weighted by Crippen LogP contribution is -2.27. The van der Waals surface area contributed by atoms with E-state index in [0.29, 0.717) is 5.92 Å². The van der Waals surface area contributed by atoms with E-state index >= 15 is 0 Å². The van der Waals surface area contributed by atoms with Crippen LogP contribution in [0.2, 0.25) is 0 Å². The van der Waals surface area contributed by atoms with Gasteiger partial charge in [-0.2, -0.15) is 0 Å². The van der Waals surface area contributed by atoms with Crippen molar-refractivity contribution in [3.05, 3.63) is 29.3 Å². The van der Waals surface area contributed by atoms with Gasteiger partial charge in [-0.3, -0.25) is 4.79 Å². The predicted octanol–water partition coefficient (Wildman–Crippen LogP) is 1.33. The Hall–Kier alpha value is -1.55. The van der Waals surface area contributed by atoms with Crippen molar-refractivity contribution in [3.8, 4) is 5.75 Å². The van der Waals surface area contributed by atoms with E-state index in [1.165, 1.54) is 11.1 Å². The molecule has 98 valence electrons. The molecule has 2 rings (SSSR count). The summed E-state index contributed by atoms with van der Waals surface area (Å²) in [4.78, 5) is 10.8. The van der Waals surface area contributed by atoms with Gasteiger partial charge in [0, 0.05) is 0 Å². The largest absolute Gasteiger partial charge is 0.483 e. The van der Waals surface area contributed by atoms with Crippen LogP contribution >= 0.6 is 0 Å². The molecule has 1 amide bonds. The Labute approximate surface area is 108 Å². The first kappa shape index (κ1) is 12.9. The third-order valence-corrected chi connectivity index (χ3v) is 3.31. The number of hydrogen-bond acceptors (Lipinski definition) is 3.